The van der Waals surface area contributed by atoms with E-state index in [1.54, 1.807) is 6.07 Å². The van der Waals surface area contributed by atoms with E-state index in [1.165, 1.54) is 0 Å². The molecule has 3 heterocycles. The minimum absolute atomic E-state index is 0.0356. The Bertz CT molecular complexity index is 517. The molecule has 0 saturated carbocycles. The number of hydrogen-bond donors (Lipinski definition) is 1. The van der Waals surface area contributed by atoms with Gasteiger partial charge in [0.2, 0.25) is 5.91 Å². The van der Waals surface area contributed by atoms with Crippen molar-refractivity contribution in [3.63, 3.8) is 0 Å². The second-order valence-electron chi connectivity index (χ2n) is 5.33. The predicted molar refractivity (Wildman–Crippen MR) is 74.4 cm³/mol. The molecule has 6 nitrogen and oxygen atoms in total. The van der Waals surface area contributed by atoms with Crippen LogP contribution in [0.2, 0.25) is 0 Å². The van der Waals surface area contributed by atoms with E-state index in [-0.39, 0.29) is 11.8 Å². The fourth-order valence-corrected chi connectivity index (χ4v) is 2.90. The second kappa shape index (κ2) is 5.28. The van der Waals surface area contributed by atoms with Gasteiger partial charge in [0.15, 0.2) is 0 Å². The third-order valence-electron chi connectivity index (χ3n) is 4.18. The second-order valence-corrected chi connectivity index (χ2v) is 5.33. The largest absolute Gasteiger partial charge is 0.341 e. The predicted octanol–water partition coefficient (Wildman–Crippen LogP) is -0.236. The van der Waals surface area contributed by atoms with Gasteiger partial charge in [-0.1, -0.05) is 6.92 Å². The number of nitrogens with one attached hydrogen (secondary N) is 1. The van der Waals surface area contributed by atoms with E-state index < -0.39 is 6.04 Å². The molecule has 1 atom stereocenters. The van der Waals surface area contributed by atoms with Crippen molar-refractivity contribution in [1.29, 1.82) is 0 Å². The van der Waals surface area contributed by atoms with Crippen molar-refractivity contribution in [3.05, 3.63) is 24.0 Å². The van der Waals surface area contributed by atoms with Crippen molar-refractivity contribution in [2.24, 2.45) is 0 Å². The zero-order valence-electron chi connectivity index (χ0n) is 11.7. The van der Waals surface area contributed by atoms with Crippen LogP contribution in [0.3, 0.4) is 0 Å². The molecule has 2 amide bonds. The van der Waals surface area contributed by atoms with Gasteiger partial charge in [-0.25, -0.2) is 0 Å². The van der Waals surface area contributed by atoms with Crippen LogP contribution in [0.1, 0.15) is 17.4 Å². The number of fused-ring (bicyclic) bond motifs is 1. The van der Waals surface area contributed by atoms with Gasteiger partial charge in [0.25, 0.3) is 5.91 Å². The van der Waals surface area contributed by atoms with E-state index in [1.807, 2.05) is 21.7 Å². The van der Waals surface area contributed by atoms with Crippen LogP contribution in [0, 0.1) is 0 Å². The van der Waals surface area contributed by atoms with Crippen molar-refractivity contribution < 1.29 is 9.59 Å². The summed E-state index contributed by atoms with van der Waals surface area (Å²) < 4.78 is 1.85. The smallest absolute Gasteiger partial charge is 0.268 e. The fourth-order valence-electron chi connectivity index (χ4n) is 2.90. The van der Waals surface area contributed by atoms with Crippen molar-refractivity contribution in [2.45, 2.75) is 19.5 Å². The first-order valence-electron chi connectivity index (χ1n) is 7.16. The maximum Gasteiger partial charge on any atom is 0.268 e. The van der Waals surface area contributed by atoms with Crippen molar-refractivity contribution in [1.82, 2.24) is 19.7 Å². The van der Waals surface area contributed by atoms with Crippen molar-refractivity contribution in [2.75, 3.05) is 32.7 Å². The lowest BCUT2D eigenvalue weighted by Gasteiger charge is -2.37. The number of nitrogens with zero attached hydrogens (tertiary/aromatic N) is 3. The average Bonchev–Trinajstić information content (AvgIpc) is 2.95. The maximum atomic E-state index is 12.5. The third-order valence-corrected chi connectivity index (χ3v) is 4.18. The lowest BCUT2D eigenvalue weighted by atomic mass is 10.1. The van der Waals surface area contributed by atoms with Gasteiger partial charge in [-0.15, -0.1) is 0 Å². The number of carbonyl (C=O) groups excluding carboxylic acids is 2. The summed E-state index contributed by atoms with van der Waals surface area (Å²) in [5.41, 5.74) is 0.629. The van der Waals surface area contributed by atoms with Gasteiger partial charge < -0.3 is 19.7 Å². The number of amides is 2. The molecular weight excluding hydrogens is 256 g/mol. The highest BCUT2D eigenvalue weighted by Crippen LogP contribution is 2.12. The standard InChI is InChI=1S/C14H20N4O2/c1-2-16-6-8-17(9-7-16)14(20)11-10-18-5-3-4-12(18)13(19)15-11/h3-5,11H,2,6-10H2,1H3,(H,15,19). The van der Waals surface area contributed by atoms with Crippen LogP contribution in [0.5, 0.6) is 0 Å². The first-order valence-corrected chi connectivity index (χ1v) is 7.16. The quantitative estimate of drug-likeness (QED) is 0.811. The highest BCUT2D eigenvalue weighted by molar-refractivity contribution is 5.97. The normalized spacial score (nSPS) is 23.4. The highest BCUT2D eigenvalue weighted by atomic mass is 16.2. The van der Waals surface area contributed by atoms with Crippen molar-refractivity contribution >= 4 is 11.8 Å². The van der Waals surface area contributed by atoms with Gasteiger partial charge in [0.1, 0.15) is 11.7 Å². The summed E-state index contributed by atoms with van der Waals surface area (Å²) in [6.45, 7) is 7.01. The fraction of sp³-hybridized carbons (Fsp3) is 0.571. The first kappa shape index (κ1) is 13.2. The molecule has 3 rings (SSSR count). The summed E-state index contributed by atoms with van der Waals surface area (Å²) in [5, 5.41) is 2.82. The SMILES string of the molecule is CCN1CCN(C(=O)C2Cn3cccc3C(=O)N2)CC1. The lowest BCUT2D eigenvalue weighted by Crippen LogP contribution is -2.57. The summed E-state index contributed by atoms with van der Waals surface area (Å²) in [6.07, 6.45) is 1.85. The Kier molecular flexibility index (Phi) is 3.48. The Morgan fingerprint density at radius 3 is 2.80 bits per heavy atom. The summed E-state index contributed by atoms with van der Waals surface area (Å²) in [7, 11) is 0. The molecule has 0 spiro atoms. The molecule has 1 saturated heterocycles. The van der Waals surface area contributed by atoms with E-state index in [4.69, 9.17) is 0 Å². The Labute approximate surface area is 118 Å². The molecule has 6 heteroatoms. The highest BCUT2D eigenvalue weighted by Gasteiger charge is 2.32. The summed E-state index contributed by atoms with van der Waals surface area (Å²) in [6, 6.07) is 3.17. The van der Waals surface area contributed by atoms with Gasteiger partial charge in [-0.3, -0.25) is 9.59 Å². The summed E-state index contributed by atoms with van der Waals surface area (Å²) >= 11 is 0. The summed E-state index contributed by atoms with van der Waals surface area (Å²) in [4.78, 5) is 28.6. The minimum atomic E-state index is -0.435. The Balaban J connectivity index is 1.66. The molecule has 1 fully saturated rings. The minimum Gasteiger partial charge on any atom is -0.341 e. The van der Waals surface area contributed by atoms with Gasteiger partial charge in [0.05, 0.1) is 6.54 Å². The van der Waals surface area contributed by atoms with Gasteiger partial charge in [-0.2, -0.15) is 0 Å². The van der Waals surface area contributed by atoms with Crippen LogP contribution in [0.4, 0.5) is 0 Å². The van der Waals surface area contributed by atoms with E-state index in [0.29, 0.717) is 12.2 Å². The van der Waals surface area contributed by atoms with Crippen molar-refractivity contribution in [3.8, 4) is 0 Å². The molecule has 1 unspecified atom stereocenters. The molecule has 2 aliphatic heterocycles. The Morgan fingerprint density at radius 2 is 2.10 bits per heavy atom. The van der Waals surface area contributed by atoms with Gasteiger partial charge >= 0.3 is 0 Å². The zero-order chi connectivity index (χ0) is 14.1. The Morgan fingerprint density at radius 1 is 1.35 bits per heavy atom. The van der Waals surface area contributed by atoms with E-state index in [9.17, 15) is 9.59 Å². The lowest BCUT2D eigenvalue weighted by molar-refractivity contribution is -0.135. The molecule has 20 heavy (non-hydrogen) atoms. The number of likely N-dealkylation sites (N-methyl/N-ethyl adjacent to an activating group) is 1. The summed E-state index contributed by atoms with van der Waals surface area (Å²) in [5.74, 6) is -0.125. The Hall–Kier alpha value is -1.82. The molecule has 1 N–H and O–H groups in total. The average molecular weight is 276 g/mol. The number of hydrogen-bond acceptors (Lipinski definition) is 3. The molecule has 0 bridgehead atoms. The molecular formula is C14H20N4O2. The molecule has 0 aromatic carbocycles. The van der Waals surface area contributed by atoms with Crippen LogP contribution < -0.4 is 5.32 Å². The zero-order valence-corrected chi connectivity index (χ0v) is 11.7. The molecule has 2 aliphatic rings. The van der Waals surface area contributed by atoms with E-state index >= 15 is 0 Å². The van der Waals surface area contributed by atoms with Crippen LogP contribution >= 0.6 is 0 Å². The number of rotatable bonds is 2. The molecule has 0 aliphatic carbocycles. The van der Waals surface area contributed by atoms with Gasteiger partial charge in [-0.05, 0) is 18.7 Å². The third kappa shape index (κ3) is 2.31. The van der Waals surface area contributed by atoms with E-state index in [2.05, 4.69) is 17.1 Å². The topological polar surface area (TPSA) is 57.6 Å². The molecule has 1 aromatic rings. The van der Waals surface area contributed by atoms with Crippen LogP contribution in [-0.4, -0.2) is 64.9 Å². The maximum absolute atomic E-state index is 12.5. The molecule has 1 aromatic heterocycles. The van der Waals surface area contributed by atoms with E-state index in [0.717, 1.165) is 32.7 Å². The van der Waals surface area contributed by atoms with Crippen LogP contribution in [-0.2, 0) is 11.3 Å². The monoisotopic (exact) mass is 276 g/mol. The number of aromatic nitrogens is 1. The molecule has 0 radical (unpaired) electrons. The van der Waals surface area contributed by atoms with Gasteiger partial charge in [0, 0.05) is 32.4 Å². The molecule has 108 valence electrons. The van der Waals surface area contributed by atoms with Crippen LogP contribution in [0.25, 0.3) is 0 Å². The number of carbonyl (C=O) groups is 2. The first-order chi connectivity index (χ1) is 9.69. The number of piperazine rings is 1. The van der Waals surface area contributed by atoms with Crippen LogP contribution in [0.15, 0.2) is 18.3 Å².